The molecule has 0 unspecified atom stereocenters. The Morgan fingerprint density at radius 2 is 1.95 bits per heavy atom. The van der Waals surface area contributed by atoms with E-state index in [0.29, 0.717) is 6.54 Å². The normalized spacial score (nSPS) is 20.7. The molecule has 2 atom stereocenters. The lowest BCUT2D eigenvalue weighted by Crippen LogP contribution is -2.40. The van der Waals surface area contributed by atoms with Crippen molar-refractivity contribution in [1.29, 1.82) is 0 Å². The van der Waals surface area contributed by atoms with Gasteiger partial charge in [-0.25, -0.2) is 0 Å². The molecule has 22 heavy (non-hydrogen) atoms. The summed E-state index contributed by atoms with van der Waals surface area (Å²) in [6, 6.07) is 7.59. The van der Waals surface area contributed by atoms with Crippen LogP contribution in [0.15, 0.2) is 24.3 Å². The summed E-state index contributed by atoms with van der Waals surface area (Å²) in [6.07, 6.45) is 2.93. The SMILES string of the molecule is Cc1ccc(NC(=O)CN(C)C(=O)[C@@H]2CCC[C@@H]2CN)cc1. The maximum atomic E-state index is 12.4. The van der Waals surface area contributed by atoms with Gasteiger partial charge in [-0.3, -0.25) is 9.59 Å². The molecule has 1 aromatic rings. The van der Waals surface area contributed by atoms with E-state index in [-0.39, 0.29) is 30.2 Å². The summed E-state index contributed by atoms with van der Waals surface area (Å²) in [7, 11) is 1.68. The Labute approximate surface area is 131 Å². The number of nitrogens with one attached hydrogen (secondary N) is 1. The van der Waals surface area contributed by atoms with E-state index in [9.17, 15) is 9.59 Å². The van der Waals surface area contributed by atoms with Crippen LogP contribution < -0.4 is 11.1 Å². The average molecular weight is 303 g/mol. The van der Waals surface area contributed by atoms with Gasteiger partial charge in [0.1, 0.15) is 0 Å². The van der Waals surface area contributed by atoms with Crippen molar-refractivity contribution in [3.63, 3.8) is 0 Å². The van der Waals surface area contributed by atoms with Crippen LogP contribution in [0.4, 0.5) is 5.69 Å². The van der Waals surface area contributed by atoms with Crippen molar-refractivity contribution in [2.24, 2.45) is 17.6 Å². The molecule has 0 radical (unpaired) electrons. The lowest BCUT2D eigenvalue weighted by molar-refractivity contribution is -0.137. The largest absolute Gasteiger partial charge is 0.336 e. The first-order valence-corrected chi connectivity index (χ1v) is 7.83. The molecule has 0 saturated heterocycles. The zero-order valence-electron chi connectivity index (χ0n) is 13.3. The number of hydrogen-bond donors (Lipinski definition) is 2. The van der Waals surface area contributed by atoms with E-state index in [0.717, 1.165) is 30.5 Å². The summed E-state index contributed by atoms with van der Waals surface area (Å²) < 4.78 is 0. The number of aryl methyl sites for hydroxylation is 1. The van der Waals surface area contributed by atoms with Crippen LogP contribution in [0, 0.1) is 18.8 Å². The summed E-state index contributed by atoms with van der Waals surface area (Å²) in [5, 5.41) is 2.81. The van der Waals surface area contributed by atoms with Crippen LogP contribution in [0.25, 0.3) is 0 Å². The molecule has 1 aliphatic carbocycles. The highest BCUT2D eigenvalue weighted by molar-refractivity contribution is 5.94. The summed E-state index contributed by atoms with van der Waals surface area (Å²) in [5.74, 6) is 0.0892. The average Bonchev–Trinajstić information content (AvgIpc) is 2.97. The first-order valence-electron chi connectivity index (χ1n) is 7.83. The summed E-state index contributed by atoms with van der Waals surface area (Å²) in [4.78, 5) is 26.0. The zero-order chi connectivity index (χ0) is 16.1. The van der Waals surface area contributed by atoms with Crippen molar-refractivity contribution in [2.45, 2.75) is 26.2 Å². The van der Waals surface area contributed by atoms with Gasteiger partial charge < -0.3 is 16.0 Å². The molecule has 120 valence electrons. The van der Waals surface area contributed by atoms with Gasteiger partial charge in [-0.05, 0) is 44.4 Å². The Balaban J connectivity index is 1.87. The van der Waals surface area contributed by atoms with Crippen molar-refractivity contribution in [3.05, 3.63) is 29.8 Å². The molecule has 1 saturated carbocycles. The van der Waals surface area contributed by atoms with Crippen LogP contribution in [0.2, 0.25) is 0 Å². The molecule has 0 spiro atoms. The molecule has 5 heteroatoms. The fourth-order valence-corrected chi connectivity index (χ4v) is 3.06. The fourth-order valence-electron chi connectivity index (χ4n) is 3.06. The lowest BCUT2D eigenvalue weighted by Gasteiger charge is -2.24. The molecule has 0 aliphatic heterocycles. The molecule has 0 heterocycles. The first-order chi connectivity index (χ1) is 10.5. The monoisotopic (exact) mass is 303 g/mol. The lowest BCUT2D eigenvalue weighted by atomic mass is 9.95. The van der Waals surface area contributed by atoms with E-state index >= 15 is 0 Å². The summed E-state index contributed by atoms with van der Waals surface area (Å²) >= 11 is 0. The fraction of sp³-hybridized carbons (Fsp3) is 0.529. The third-order valence-corrected chi connectivity index (χ3v) is 4.37. The summed E-state index contributed by atoms with van der Waals surface area (Å²) in [5.41, 5.74) is 7.61. The van der Waals surface area contributed by atoms with E-state index in [4.69, 9.17) is 5.73 Å². The topological polar surface area (TPSA) is 75.4 Å². The first kappa shape index (κ1) is 16.5. The molecule has 2 rings (SSSR count). The van der Waals surface area contributed by atoms with Crippen LogP contribution in [-0.2, 0) is 9.59 Å². The van der Waals surface area contributed by atoms with Crippen molar-refractivity contribution >= 4 is 17.5 Å². The number of carbonyl (C=O) groups excluding carboxylic acids is 2. The van der Waals surface area contributed by atoms with Crippen LogP contribution in [0.5, 0.6) is 0 Å². The van der Waals surface area contributed by atoms with Crippen molar-refractivity contribution in [2.75, 3.05) is 25.5 Å². The van der Waals surface area contributed by atoms with Gasteiger partial charge in [-0.1, -0.05) is 24.1 Å². The zero-order valence-corrected chi connectivity index (χ0v) is 13.3. The third-order valence-electron chi connectivity index (χ3n) is 4.37. The number of nitrogens with zero attached hydrogens (tertiary/aromatic N) is 1. The quantitative estimate of drug-likeness (QED) is 0.870. The smallest absolute Gasteiger partial charge is 0.243 e. The molecular formula is C17H25N3O2. The number of rotatable bonds is 5. The van der Waals surface area contributed by atoms with E-state index < -0.39 is 0 Å². The molecule has 0 bridgehead atoms. The maximum absolute atomic E-state index is 12.4. The third kappa shape index (κ3) is 4.07. The second kappa shape index (κ2) is 7.40. The van der Waals surface area contributed by atoms with Gasteiger partial charge in [0.25, 0.3) is 0 Å². The van der Waals surface area contributed by atoms with Crippen LogP contribution in [0.1, 0.15) is 24.8 Å². The number of nitrogens with two attached hydrogens (primary N) is 1. The van der Waals surface area contributed by atoms with Crippen molar-refractivity contribution < 1.29 is 9.59 Å². The van der Waals surface area contributed by atoms with E-state index in [2.05, 4.69) is 5.32 Å². The van der Waals surface area contributed by atoms with Crippen LogP contribution in [-0.4, -0.2) is 36.9 Å². The van der Waals surface area contributed by atoms with Gasteiger partial charge in [-0.2, -0.15) is 0 Å². The highest BCUT2D eigenvalue weighted by Gasteiger charge is 2.34. The number of anilines is 1. The predicted molar refractivity (Wildman–Crippen MR) is 87.3 cm³/mol. The van der Waals surface area contributed by atoms with Gasteiger partial charge >= 0.3 is 0 Å². The number of benzene rings is 1. The van der Waals surface area contributed by atoms with Gasteiger partial charge in [0, 0.05) is 18.7 Å². The minimum atomic E-state index is -0.179. The van der Waals surface area contributed by atoms with Gasteiger partial charge in [0.2, 0.25) is 11.8 Å². The van der Waals surface area contributed by atoms with Crippen LogP contribution >= 0.6 is 0 Å². The van der Waals surface area contributed by atoms with E-state index in [1.54, 1.807) is 7.05 Å². The Kier molecular flexibility index (Phi) is 5.55. The maximum Gasteiger partial charge on any atom is 0.243 e. The Bertz CT molecular complexity index is 527. The van der Waals surface area contributed by atoms with Crippen molar-refractivity contribution in [1.82, 2.24) is 4.90 Å². The number of hydrogen-bond acceptors (Lipinski definition) is 3. The van der Waals surface area contributed by atoms with Gasteiger partial charge in [0.05, 0.1) is 6.54 Å². The molecule has 1 aromatic carbocycles. The second-order valence-corrected chi connectivity index (χ2v) is 6.14. The summed E-state index contributed by atoms with van der Waals surface area (Å²) in [6.45, 7) is 2.60. The van der Waals surface area contributed by atoms with Gasteiger partial charge in [0.15, 0.2) is 0 Å². The Hall–Kier alpha value is -1.88. The minimum Gasteiger partial charge on any atom is -0.336 e. The molecule has 1 aliphatic rings. The molecule has 1 fully saturated rings. The predicted octanol–water partition coefficient (Wildman–Crippen LogP) is 1.77. The molecule has 0 aromatic heterocycles. The molecule has 5 nitrogen and oxygen atoms in total. The Morgan fingerprint density at radius 1 is 1.27 bits per heavy atom. The standard InChI is InChI=1S/C17H25N3O2/c1-12-6-8-14(9-7-12)19-16(21)11-20(2)17(22)15-5-3-4-13(15)10-18/h6-9,13,15H,3-5,10-11,18H2,1-2H3,(H,19,21)/t13-,15-/m1/s1. The highest BCUT2D eigenvalue weighted by Crippen LogP contribution is 2.32. The molecular weight excluding hydrogens is 278 g/mol. The molecule has 3 N–H and O–H groups in total. The second-order valence-electron chi connectivity index (χ2n) is 6.14. The van der Waals surface area contributed by atoms with Crippen molar-refractivity contribution in [3.8, 4) is 0 Å². The minimum absolute atomic E-state index is 0.0258. The van der Waals surface area contributed by atoms with E-state index in [1.807, 2.05) is 31.2 Å². The van der Waals surface area contributed by atoms with Crippen LogP contribution in [0.3, 0.4) is 0 Å². The number of likely N-dealkylation sites (N-methyl/N-ethyl adjacent to an activating group) is 1. The van der Waals surface area contributed by atoms with Gasteiger partial charge in [-0.15, -0.1) is 0 Å². The number of carbonyl (C=O) groups is 2. The molecule has 2 amide bonds. The number of amides is 2. The van der Waals surface area contributed by atoms with E-state index in [1.165, 1.54) is 4.90 Å². The highest BCUT2D eigenvalue weighted by atomic mass is 16.2. The Morgan fingerprint density at radius 3 is 2.59 bits per heavy atom.